The van der Waals surface area contributed by atoms with Gasteiger partial charge in [-0.25, -0.2) is 0 Å². The summed E-state index contributed by atoms with van der Waals surface area (Å²) in [5.74, 6) is 0. The van der Waals surface area contributed by atoms with Gasteiger partial charge in [-0.15, -0.1) is 0 Å². The summed E-state index contributed by atoms with van der Waals surface area (Å²) in [6, 6.07) is 13.0. The number of nitrogens with zero attached hydrogens (tertiary/aromatic N) is 1. The van der Waals surface area contributed by atoms with Gasteiger partial charge in [0.2, 0.25) is 0 Å². The summed E-state index contributed by atoms with van der Waals surface area (Å²) in [6.45, 7) is 2.18. The third kappa shape index (κ3) is 2.71. The normalized spacial score (nSPS) is 12.4. The maximum Gasteiger partial charge on any atom is 0.0589 e. The summed E-state index contributed by atoms with van der Waals surface area (Å²) in [5.41, 5.74) is 3.86. The molecule has 0 radical (unpaired) electrons. The molecule has 0 aliphatic rings. The van der Waals surface area contributed by atoms with Crippen molar-refractivity contribution in [2.75, 3.05) is 7.05 Å². The fraction of sp³-hybridized carbons (Fsp3) is 0.267. The van der Waals surface area contributed by atoms with Crippen LogP contribution in [0.4, 0.5) is 0 Å². The summed E-state index contributed by atoms with van der Waals surface area (Å²) < 4.78 is 0. The Labute approximate surface area is 103 Å². The van der Waals surface area contributed by atoms with Gasteiger partial charge in [0.1, 0.15) is 0 Å². The van der Waals surface area contributed by atoms with E-state index >= 15 is 0 Å². The van der Waals surface area contributed by atoms with Crippen LogP contribution in [-0.4, -0.2) is 12.0 Å². The minimum atomic E-state index is 0.218. The first-order valence-corrected chi connectivity index (χ1v) is 6.01. The highest BCUT2D eigenvalue weighted by molar-refractivity contribution is 5.33. The average Bonchev–Trinajstić information content (AvgIpc) is 2.41. The quantitative estimate of drug-likeness (QED) is 0.867. The van der Waals surface area contributed by atoms with E-state index in [1.54, 1.807) is 6.20 Å². The summed E-state index contributed by atoms with van der Waals surface area (Å²) in [4.78, 5) is 4.18. The first-order chi connectivity index (χ1) is 8.35. The Kier molecular flexibility index (Phi) is 3.89. The molecule has 2 aromatic rings. The molecule has 1 aromatic carbocycles. The molecule has 0 amide bonds. The fourth-order valence-corrected chi connectivity index (χ4v) is 2.07. The summed E-state index contributed by atoms with van der Waals surface area (Å²) >= 11 is 0. The van der Waals surface area contributed by atoms with E-state index in [9.17, 15) is 0 Å². The molecule has 1 heterocycles. The first kappa shape index (κ1) is 11.8. The van der Waals surface area contributed by atoms with Crippen molar-refractivity contribution in [2.24, 2.45) is 0 Å². The second kappa shape index (κ2) is 5.60. The maximum atomic E-state index is 4.18. The second-order valence-electron chi connectivity index (χ2n) is 4.11. The highest BCUT2D eigenvalue weighted by atomic mass is 14.9. The monoisotopic (exact) mass is 226 g/mol. The second-order valence-corrected chi connectivity index (χ2v) is 4.11. The average molecular weight is 226 g/mol. The minimum Gasteiger partial charge on any atom is -0.309 e. The Bertz CT molecular complexity index is 465. The molecule has 0 saturated carbocycles. The van der Waals surface area contributed by atoms with Crippen LogP contribution in [0.5, 0.6) is 0 Å². The lowest BCUT2D eigenvalue weighted by Gasteiger charge is -2.17. The van der Waals surface area contributed by atoms with Gasteiger partial charge >= 0.3 is 0 Å². The molecule has 2 rings (SSSR count). The Morgan fingerprint density at radius 3 is 2.65 bits per heavy atom. The number of hydrogen-bond donors (Lipinski definition) is 1. The van der Waals surface area contributed by atoms with E-state index in [-0.39, 0.29) is 6.04 Å². The molecule has 88 valence electrons. The van der Waals surface area contributed by atoms with E-state index in [1.807, 2.05) is 19.3 Å². The van der Waals surface area contributed by atoms with Gasteiger partial charge in [0, 0.05) is 12.4 Å². The van der Waals surface area contributed by atoms with Crippen LogP contribution in [-0.2, 0) is 6.42 Å². The zero-order chi connectivity index (χ0) is 12.1. The van der Waals surface area contributed by atoms with Crippen molar-refractivity contribution in [3.63, 3.8) is 0 Å². The molecule has 0 aliphatic heterocycles. The number of pyridine rings is 1. The number of aromatic nitrogens is 1. The number of aryl methyl sites for hydroxylation is 1. The van der Waals surface area contributed by atoms with Crippen LogP contribution in [0.25, 0.3) is 0 Å². The van der Waals surface area contributed by atoms with Crippen molar-refractivity contribution >= 4 is 0 Å². The van der Waals surface area contributed by atoms with Gasteiger partial charge in [0.05, 0.1) is 6.04 Å². The van der Waals surface area contributed by atoms with Crippen LogP contribution in [0.2, 0.25) is 0 Å². The van der Waals surface area contributed by atoms with E-state index in [0.29, 0.717) is 0 Å². The van der Waals surface area contributed by atoms with Crippen molar-refractivity contribution in [3.8, 4) is 0 Å². The zero-order valence-corrected chi connectivity index (χ0v) is 10.4. The maximum absolute atomic E-state index is 4.18. The van der Waals surface area contributed by atoms with Crippen molar-refractivity contribution in [1.82, 2.24) is 10.3 Å². The minimum absolute atomic E-state index is 0.218. The predicted octanol–water partition coefficient (Wildman–Crippen LogP) is 2.95. The van der Waals surface area contributed by atoms with E-state index < -0.39 is 0 Å². The van der Waals surface area contributed by atoms with Gasteiger partial charge in [0.25, 0.3) is 0 Å². The van der Waals surface area contributed by atoms with Gasteiger partial charge in [-0.2, -0.15) is 0 Å². The zero-order valence-electron chi connectivity index (χ0n) is 10.4. The summed E-state index contributed by atoms with van der Waals surface area (Å²) in [7, 11) is 1.98. The highest BCUT2D eigenvalue weighted by Crippen LogP contribution is 2.21. The van der Waals surface area contributed by atoms with Crippen molar-refractivity contribution < 1.29 is 0 Å². The Hall–Kier alpha value is -1.67. The molecule has 1 atom stereocenters. The van der Waals surface area contributed by atoms with Crippen molar-refractivity contribution in [2.45, 2.75) is 19.4 Å². The standard InChI is InChI=1S/C15H18N2/c1-3-12-6-4-7-13(10-12)15(16-2)14-8-5-9-17-11-14/h4-11,15-16H,3H2,1-2H3. The fourth-order valence-electron chi connectivity index (χ4n) is 2.07. The molecule has 0 fully saturated rings. The van der Waals surface area contributed by atoms with E-state index in [2.05, 4.69) is 47.6 Å². The Morgan fingerprint density at radius 1 is 1.18 bits per heavy atom. The number of hydrogen-bond acceptors (Lipinski definition) is 2. The number of benzene rings is 1. The Morgan fingerprint density at radius 2 is 2.00 bits per heavy atom. The SMILES string of the molecule is CCc1cccc(C(NC)c2cccnc2)c1. The molecular weight excluding hydrogens is 208 g/mol. The van der Waals surface area contributed by atoms with Crippen molar-refractivity contribution in [1.29, 1.82) is 0 Å². The van der Waals surface area contributed by atoms with Crippen molar-refractivity contribution in [3.05, 3.63) is 65.5 Å². The molecule has 1 unspecified atom stereocenters. The molecule has 0 saturated heterocycles. The van der Waals surface area contributed by atoms with Crippen LogP contribution in [0.1, 0.15) is 29.7 Å². The Balaban J connectivity index is 2.35. The molecule has 1 N–H and O–H groups in total. The third-order valence-electron chi connectivity index (χ3n) is 3.00. The predicted molar refractivity (Wildman–Crippen MR) is 71.0 cm³/mol. The van der Waals surface area contributed by atoms with Gasteiger partial charge in [-0.3, -0.25) is 4.98 Å². The van der Waals surface area contributed by atoms with E-state index in [0.717, 1.165) is 6.42 Å². The van der Waals surface area contributed by atoms with Crippen LogP contribution in [0, 0.1) is 0 Å². The number of rotatable bonds is 4. The summed E-state index contributed by atoms with van der Waals surface area (Å²) in [6.07, 6.45) is 4.79. The van der Waals surface area contributed by atoms with Crippen LogP contribution in [0.3, 0.4) is 0 Å². The van der Waals surface area contributed by atoms with Crippen LogP contribution < -0.4 is 5.32 Å². The molecule has 0 spiro atoms. The van der Waals surface area contributed by atoms with E-state index in [4.69, 9.17) is 0 Å². The molecule has 1 aromatic heterocycles. The molecule has 0 aliphatic carbocycles. The lowest BCUT2D eigenvalue weighted by molar-refractivity contribution is 0.688. The topological polar surface area (TPSA) is 24.9 Å². The van der Waals surface area contributed by atoms with Crippen LogP contribution >= 0.6 is 0 Å². The molecular formula is C15H18N2. The first-order valence-electron chi connectivity index (χ1n) is 6.01. The molecule has 2 heteroatoms. The van der Waals surface area contributed by atoms with Gasteiger partial charge in [-0.1, -0.05) is 37.3 Å². The molecule has 0 bridgehead atoms. The van der Waals surface area contributed by atoms with Crippen LogP contribution in [0.15, 0.2) is 48.8 Å². The lowest BCUT2D eigenvalue weighted by atomic mass is 9.98. The van der Waals surface area contributed by atoms with Gasteiger partial charge in [0.15, 0.2) is 0 Å². The van der Waals surface area contributed by atoms with E-state index in [1.165, 1.54) is 16.7 Å². The third-order valence-corrected chi connectivity index (χ3v) is 3.00. The summed E-state index contributed by atoms with van der Waals surface area (Å²) in [5, 5.41) is 3.35. The smallest absolute Gasteiger partial charge is 0.0589 e. The number of nitrogens with one attached hydrogen (secondary N) is 1. The molecule has 2 nitrogen and oxygen atoms in total. The lowest BCUT2D eigenvalue weighted by Crippen LogP contribution is -2.17. The van der Waals surface area contributed by atoms with Gasteiger partial charge in [-0.05, 0) is 36.2 Å². The van der Waals surface area contributed by atoms with Gasteiger partial charge < -0.3 is 5.32 Å². The largest absolute Gasteiger partial charge is 0.309 e. The highest BCUT2D eigenvalue weighted by Gasteiger charge is 2.11. The molecule has 17 heavy (non-hydrogen) atoms.